The zero-order valence-electron chi connectivity index (χ0n) is 48.8. The van der Waals surface area contributed by atoms with Crippen LogP contribution in [-0.2, 0) is 21.7 Å². The molecular formula is C72H76BN3O. The van der Waals surface area contributed by atoms with Crippen molar-refractivity contribution in [3.8, 4) is 16.9 Å². The fourth-order valence-corrected chi connectivity index (χ4v) is 13.9. The van der Waals surface area contributed by atoms with Gasteiger partial charge < -0.3 is 18.8 Å². The number of aromatic nitrogens is 1. The maximum absolute atomic E-state index is 7.27. The van der Waals surface area contributed by atoms with E-state index in [1.54, 1.807) is 0 Å². The second-order valence-corrected chi connectivity index (χ2v) is 28.1. The monoisotopic (exact) mass is 1010 g/mol. The molecule has 7 aromatic carbocycles. The van der Waals surface area contributed by atoms with Crippen LogP contribution in [0, 0.1) is 25.2 Å². The lowest BCUT2D eigenvalue weighted by Gasteiger charge is -2.42. The van der Waals surface area contributed by atoms with Crippen molar-refractivity contribution in [2.75, 3.05) is 9.80 Å². The molecule has 0 bridgehead atoms. The molecule has 0 N–H and O–H groups in total. The molecule has 4 heterocycles. The lowest BCUT2D eigenvalue weighted by atomic mass is 9.33. The van der Waals surface area contributed by atoms with Gasteiger partial charge in [0.15, 0.2) is 5.58 Å². The normalized spacial score (nSPS) is 16.7. The standard InChI is InChI=1S/C72H76BN3O/c1-41-33-60-64-61(34-41)76-65-52(63-66(76)51-21-18-19-23-53(51)72(63,16)17)37-47(71(13,14)15)38-55(65)73(64)54-30-28-48(40-59(54)75(60)58-24-20-22-50-49-29-25-46(70(10,11)12)39-62(49)77-67(50)58)74(56-31-26-44(35-42(56)2)68(4,5)6)57-32-27-45(36-43(57)3)69(7,8)9/h18-35,37-40,43H,36H2,1-17H3. The van der Waals surface area contributed by atoms with Crippen LogP contribution in [0.5, 0.6) is 0 Å². The number of benzene rings is 7. The highest BCUT2D eigenvalue weighted by atomic mass is 16.3. The van der Waals surface area contributed by atoms with E-state index < -0.39 is 0 Å². The van der Waals surface area contributed by atoms with Crippen molar-refractivity contribution in [3.05, 3.63) is 184 Å². The SMILES string of the molecule is Cc1cc2c3c(c1)-n1c4c(c5cc(C(C)(C)C)cc(c51)B3c1ccc(N(C3=CC=C(C(C)(C)C)CC3C)c3ccc(C(C)(C)C)cc3C)cc1N2c1cccc2c1oc1cc(C(C)(C)C)ccc12)C(C)(C)c1ccccc1-4. The molecule has 77 heavy (non-hydrogen) atoms. The van der Waals surface area contributed by atoms with Gasteiger partial charge in [0.05, 0.1) is 11.4 Å². The Morgan fingerprint density at radius 3 is 2.00 bits per heavy atom. The van der Waals surface area contributed by atoms with Crippen molar-refractivity contribution >= 4 is 84.4 Å². The first kappa shape index (κ1) is 49.6. The van der Waals surface area contributed by atoms with Crippen LogP contribution in [0.4, 0.5) is 28.4 Å². The Balaban J connectivity index is 1.15. The highest BCUT2D eigenvalue weighted by molar-refractivity contribution is 7.00. The smallest absolute Gasteiger partial charge is 0.252 e. The summed E-state index contributed by atoms with van der Waals surface area (Å²) in [4.78, 5) is 5.19. The van der Waals surface area contributed by atoms with Gasteiger partial charge in [0.25, 0.3) is 6.71 Å². The van der Waals surface area contributed by atoms with Gasteiger partial charge in [-0.15, -0.1) is 0 Å². The third-order valence-electron chi connectivity index (χ3n) is 18.2. The molecular weight excluding hydrogens is 934 g/mol. The van der Waals surface area contributed by atoms with Crippen LogP contribution in [0.15, 0.2) is 149 Å². The molecule has 0 fully saturated rings. The highest BCUT2D eigenvalue weighted by Crippen LogP contribution is 2.56. The largest absolute Gasteiger partial charge is 0.454 e. The molecule has 1 unspecified atom stereocenters. The van der Waals surface area contributed by atoms with Crippen molar-refractivity contribution in [1.82, 2.24) is 4.57 Å². The summed E-state index contributed by atoms with van der Waals surface area (Å²) >= 11 is 0. The van der Waals surface area contributed by atoms with Crippen molar-refractivity contribution in [1.29, 1.82) is 0 Å². The number of hydrogen-bond donors (Lipinski definition) is 0. The van der Waals surface area contributed by atoms with E-state index in [0.29, 0.717) is 0 Å². The second kappa shape index (κ2) is 16.3. The first-order chi connectivity index (χ1) is 36.2. The highest BCUT2D eigenvalue weighted by Gasteiger charge is 2.48. The van der Waals surface area contributed by atoms with Gasteiger partial charge in [-0.25, -0.2) is 0 Å². The molecule has 0 saturated heterocycles. The molecule has 0 amide bonds. The Labute approximate surface area is 458 Å². The van der Waals surface area contributed by atoms with E-state index in [1.165, 1.54) is 112 Å². The van der Waals surface area contributed by atoms with Gasteiger partial charge in [-0.1, -0.05) is 188 Å². The minimum Gasteiger partial charge on any atom is -0.454 e. The molecule has 4 aliphatic rings. The molecule has 4 nitrogen and oxygen atoms in total. The van der Waals surface area contributed by atoms with Gasteiger partial charge in [-0.05, 0) is 152 Å². The van der Waals surface area contributed by atoms with Crippen LogP contribution >= 0.6 is 0 Å². The molecule has 13 rings (SSSR count). The Hall–Kier alpha value is -6.98. The fourth-order valence-electron chi connectivity index (χ4n) is 13.9. The molecule has 388 valence electrons. The van der Waals surface area contributed by atoms with Crippen molar-refractivity contribution in [2.24, 2.45) is 11.3 Å². The maximum atomic E-state index is 7.27. The van der Waals surface area contributed by atoms with Crippen molar-refractivity contribution in [2.45, 2.75) is 146 Å². The molecule has 5 heteroatoms. The quantitative estimate of drug-likeness (QED) is 0.164. The number of nitrogens with zero attached hydrogens (tertiary/aromatic N) is 3. The first-order valence-corrected chi connectivity index (χ1v) is 28.4. The molecule has 2 aliphatic carbocycles. The lowest BCUT2D eigenvalue weighted by molar-refractivity contribution is 0.453. The average Bonchev–Trinajstić information content (AvgIpc) is 3.25. The van der Waals surface area contributed by atoms with Crippen LogP contribution < -0.4 is 26.2 Å². The summed E-state index contributed by atoms with van der Waals surface area (Å²) in [7, 11) is 0. The summed E-state index contributed by atoms with van der Waals surface area (Å²) in [6.07, 6.45) is 5.86. The number of aryl methyl sites for hydroxylation is 2. The third-order valence-corrected chi connectivity index (χ3v) is 18.2. The van der Waals surface area contributed by atoms with E-state index in [1.807, 2.05) is 0 Å². The van der Waals surface area contributed by atoms with E-state index in [4.69, 9.17) is 4.42 Å². The summed E-state index contributed by atoms with van der Waals surface area (Å²) in [6, 6.07) is 47.6. The summed E-state index contributed by atoms with van der Waals surface area (Å²) in [6.45, 7) is 39.9. The van der Waals surface area contributed by atoms with E-state index in [-0.39, 0.29) is 39.7 Å². The lowest BCUT2D eigenvalue weighted by Crippen LogP contribution is -2.60. The van der Waals surface area contributed by atoms with Gasteiger partial charge in [0, 0.05) is 72.7 Å². The predicted molar refractivity (Wildman–Crippen MR) is 331 cm³/mol. The molecule has 9 aromatic rings. The van der Waals surface area contributed by atoms with Crippen LogP contribution in [0.2, 0.25) is 0 Å². The number of furan rings is 1. The minimum atomic E-state index is -0.195. The van der Waals surface area contributed by atoms with E-state index >= 15 is 0 Å². The Morgan fingerprint density at radius 2 is 1.30 bits per heavy atom. The number of para-hydroxylation sites is 1. The Bertz CT molecular complexity index is 4080. The molecule has 0 spiro atoms. The minimum absolute atomic E-state index is 0.0212. The van der Waals surface area contributed by atoms with Gasteiger partial charge in [-0.3, -0.25) is 0 Å². The van der Waals surface area contributed by atoms with E-state index in [2.05, 4.69) is 266 Å². The van der Waals surface area contributed by atoms with Crippen LogP contribution in [0.3, 0.4) is 0 Å². The molecule has 1 atom stereocenters. The number of fused-ring (bicyclic) bond motifs is 12. The van der Waals surface area contributed by atoms with Crippen LogP contribution in [-0.4, -0.2) is 11.3 Å². The Kier molecular flexibility index (Phi) is 10.5. The molecule has 0 saturated carbocycles. The summed E-state index contributed by atoms with van der Waals surface area (Å²) < 4.78 is 9.96. The summed E-state index contributed by atoms with van der Waals surface area (Å²) in [5.74, 6) is 0.284. The van der Waals surface area contributed by atoms with Gasteiger partial charge >= 0.3 is 0 Å². The van der Waals surface area contributed by atoms with E-state index in [0.717, 1.165) is 39.7 Å². The van der Waals surface area contributed by atoms with Gasteiger partial charge in [0.1, 0.15) is 5.58 Å². The first-order valence-electron chi connectivity index (χ1n) is 28.4. The molecule has 2 aliphatic heterocycles. The van der Waals surface area contributed by atoms with Crippen LogP contribution in [0.25, 0.3) is 49.8 Å². The zero-order chi connectivity index (χ0) is 54.4. The topological polar surface area (TPSA) is 24.6 Å². The Morgan fingerprint density at radius 1 is 0.597 bits per heavy atom. The number of anilines is 5. The zero-order valence-corrected chi connectivity index (χ0v) is 48.8. The molecule has 2 aromatic heterocycles. The summed E-state index contributed by atoms with van der Waals surface area (Å²) in [5, 5.41) is 3.64. The summed E-state index contributed by atoms with van der Waals surface area (Å²) in [5.41, 5.74) is 28.8. The third kappa shape index (κ3) is 7.31. The number of rotatable bonds is 4. The second-order valence-electron chi connectivity index (χ2n) is 28.1. The van der Waals surface area contributed by atoms with Gasteiger partial charge in [0.2, 0.25) is 0 Å². The van der Waals surface area contributed by atoms with Crippen molar-refractivity contribution in [3.63, 3.8) is 0 Å². The fraction of sp³-hybridized carbons (Fsp3) is 0.333. The maximum Gasteiger partial charge on any atom is 0.252 e. The predicted octanol–water partition coefficient (Wildman–Crippen LogP) is 18.0. The van der Waals surface area contributed by atoms with Crippen molar-refractivity contribution < 1.29 is 4.42 Å². The van der Waals surface area contributed by atoms with E-state index in [9.17, 15) is 0 Å². The number of hydrogen-bond acceptors (Lipinski definition) is 3. The van der Waals surface area contributed by atoms with Gasteiger partial charge in [-0.2, -0.15) is 0 Å². The molecule has 0 radical (unpaired) electrons. The van der Waals surface area contributed by atoms with Crippen LogP contribution in [0.1, 0.15) is 149 Å². The number of allylic oxidation sites excluding steroid dienone is 4. The average molecular weight is 1010 g/mol.